The average molecular weight is 521 g/mol. The van der Waals surface area contributed by atoms with Crippen LogP contribution in [0.4, 0.5) is 0 Å². The van der Waals surface area contributed by atoms with Crippen LogP contribution in [0.25, 0.3) is 0 Å². The number of carbonyl (C=O) groups excluding carboxylic acids is 1. The first kappa shape index (κ1) is 30.9. The Morgan fingerprint density at radius 3 is 1.78 bits per heavy atom. The molecule has 2 fully saturated rings. The van der Waals surface area contributed by atoms with Gasteiger partial charge >= 0.3 is 5.97 Å². The van der Waals surface area contributed by atoms with Crippen LogP contribution in [-0.2, 0) is 23.7 Å². The minimum atomic E-state index is -1.77. The molecule has 12 nitrogen and oxygen atoms in total. The lowest BCUT2D eigenvalue weighted by Crippen LogP contribution is -2.63. The van der Waals surface area contributed by atoms with Gasteiger partial charge in [-0.25, -0.2) is 0 Å². The zero-order valence-electron chi connectivity index (χ0n) is 20.3. The Balaban J connectivity index is 1.76. The van der Waals surface area contributed by atoms with Crippen LogP contribution in [0.3, 0.4) is 0 Å². The molecule has 0 aromatic rings. The summed E-state index contributed by atoms with van der Waals surface area (Å²) in [5.41, 5.74) is 0. The van der Waals surface area contributed by atoms with Crippen LogP contribution in [-0.4, -0.2) is 116 Å². The number of aliphatic hydroxyl groups excluding tert-OH is 7. The third-order valence-electron chi connectivity index (χ3n) is 6.40. The molecule has 0 radical (unpaired) electrons. The van der Waals surface area contributed by atoms with Gasteiger partial charge in [-0.2, -0.15) is 0 Å². The van der Waals surface area contributed by atoms with Crippen LogP contribution in [0.5, 0.6) is 0 Å². The van der Waals surface area contributed by atoms with E-state index >= 15 is 0 Å². The van der Waals surface area contributed by atoms with Gasteiger partial charge in [-0.15, -0.1) is 12.3 Å². The minimum Gasteiger partial charge on any atom is -0.463 e. The number of hydrogen-bond donors (Lipinski definition) is 7. The van der Waals surface area contributed by atoms with Crippen LogP contribution < -0.4 is 0 Å². The highest BCUT2D eigenvalue weighted by Crippen LogP contribution is 2.28. The monoisotopic (exact) mass is 520 g/mol. The van der Waals surface area contributed by atoms with Gasteiger partial charge in [0.25, 0.3) is 0 Å². The first-order valence-corrected chi connectivity index (χ1v) is 12.5. The normalized spacial score (nSPS) is 36.8. The molecule has 208 valence electrons. The van der Waals surface area contributed by atoms with Gasteiger partial charge in [0.15, 0.2) is 12.6 Å². The molecule has 10 atom stereocenters. The fraction of sp³-hybridized carbons (Fsp3) is 0.875. The van der Waals surface area contributed by atoms with Gasteiger partial charge < -0.3 is 54.7 Å². The van der Waals surface area contributed by atoms with E-state index in [1.54, 1.807) is 0 Å². The van der Waals surface area contributed by atoms with Gasteiger partial charge in [-0.05, 0) is 12.8 Å². The van der Waals surface area contributed by atoms with E-state index < -0.39 is 80.6 Å². The summed E-state index contributed by atoms with van der Waals surface area (Å²) in [7, 11) is 0. The molecule has 2 aliphatic rings. The topological polar surface area (TPSA) is 196 Å². The maximum absolute atomic E-state index is 12.1. The number of hydrogen-bond acceptors (Lipinski definition) is 12. The quantitative estimate of drug-likeness (QED) is 0.0780. The van der Waals surface area contributed by atoms with E-state index in [2.05, 4.69) is 5.92 Å². The second-order valence-corrected chi connectivity index (χ2v) is 9.21. The van der Waals surface area contributed by atoms with Crippen LogP contribution in [0, 0.1) is 12.3 Å². The molecule has 0 aromatic heterocycles. The first-order valence-electron chi connectivity index (χ1n) is 12.5. The average Bonchev–Trinajstić information content (AvgIpc) is 2.87. The molecule has 0 aromatic carbocycles. The molecule has 2 heterocycles. The summed E-state index contributed by atoms with van der Waals surface area (Å²) >= 11 is 0. The Morgan fingerprint density at radius 1 is 0.722 bits per heavy atom. The van der Waals surface area contributed by atoms with Crippen molar-refractivity contribution in [2.45, 2.75) is 119 Å². The van der Waals surface area contributed by atoms with E-state index in [9.17, 15) is 40.5 Å². The summed E-state index contributed by atoms with van der Waals surface area (Å²) in [5.74, 6) is 2.11. The predicted octanol–water partition coefficient (Wildman–Crippen LogP) is -1.70. The zero-order chi connectivity index (χ0) is 26.7. The third-order valence-corrected chi connectivity index (χ3v) is 6.40. The van der Waals surface area contributed by atoms with Crippen molar-refractivity contribution in [3.05, 3.63) is 0 Å². The molecule has 0 spiro atoms. The van der Waals surface area contributed by atoms with E-state index in [1.165, 1.54) is 0 Å². The van der Waals surface area contributed by atoms with Gasteiger partial charge in [0.1, 0.15) is 55.4 Å². The Morgan fingerprint density at radius 2 is 1.22 bits per heavy atom. The second kappa shape index (κ2) is 15.8. The molecule has 12 heteroatoms. The minimum absolute atomic E-state index is 0.176. The molecule has 7 N–H and O–H groups in total. The van der Waals surface area contributed by atoms with Crippen molar-refractivity contribution in [1.82, 2.24) is 0 Å². The van der Waals surface area contributed by atoms with E-state index in [1.807, 2.05) is 0 Å². The lowest BCUT2D eigenvalue weighted by atomic mass is 9.98. The Labute approximate surface area is 210 Å². The largest absolute Gasteiger partial charge is 0.463 e. The van der Waals surface area contributed by atoms with Gasteiger partial charge in [-0.3, -0.25) is 4.79 Å². The summed E-state index contributed by atoms with van der Waals surface area (Å²) in [6.07, 6.45) is -3.02. The molecule has 0 saturated carbocycles. The van der Waals surface area contributed by atoms with Crippen molar-refractivity contribution in [2.75, 3.05) is 13.2 Å². The highest BCUT2D eigenvalue weighted by atomic mass is 16.8. The van der Waals surface area contributed by atoms with Crippen molar-refractivity contribution >= 4 is 5.97 Å². The number of rotatable bonds is 14. The van der Waals surface area contributed by atoms with Crippen LogP contribution in [0.15, 0.2) is 0 Å². The van der Waals surface area contributed by atoms with Crippen molar-refractivity contribution in [3.8, 4) is 12.3 Å². The summed E-state index contributed by atoms with van der Waals surface area (Å²) in [6.45, 7) is -1.11. The van der Waals surface area contributed by atoms with Crippen molar-refractivity contribution in [3.63, 3.8) is 0 Å². The molecule has 2 rings (SSSR count). The molecular formula is C24H40O12. The molecule has 0 bridgehead atoms. The van der Waals surface area contributed by atoms with Gasteiger partial charge in [-0.1, -0.05) is 32.1 Å². The highest BCUT2D eigenvalue weighted by molar-refractivity contribution is 5.69. The maximum atomic E-state index is 12.1. The van der Waals surface area contributed by atoms with Crippen molar-refractivity contribution in [2.24, 2.45) is 0 Å². The van der Waals surface area contributed by atoms with Gasteiger partial charge in [0, 0.05) is 12.8 Å². The van der Waals surface area contributed by atoms with E-state index in [4.69, 9.17) is 25.4 Å². The molecule has 36 heavy (non-hydrogen) atoms. The summed E-state index contributed by atoms with van der Waals surface area (Å²) in [6, 6.07) is 0. The lowest BCUT2D eigenvalue weighted by molar-refractivity contribution is -0.376. The van der Waals surface area contributed by atoms with Gasteiger partial charge in [0.05, 0.1) is 6.61 Å². The van der Waals surface area contributed by atoms with E-state index in [0.717, 1.165) is 44.9 Å². The van der Waals surface area contributed by atoms with E-state index in [0.29, 0.717) is 6.42 Å². The van der Waals surface area contributed by atoms with Crippen molar-refractivity contribution in [1.29, 1.82) is 0 Å². The van der Waals surface area contributed by atoms with Crippen LogP contribution in [0.1, 0.15) is 57.8 Å². The fourth-order valence-corrected chi connectivity index (χ4v) is 4.11. The highest BCUT2D eigenvalue weighted by Gasteiger charge is 2.49. The number of terminal acetylenes is 1. The molecule has 0 aliphatic carbocycles. The Hall–Kier alpha value is -1.37. The standard InChI is InChI=1S/C24H40O12/c1-2-3-4-5-6-7-8-9-10-11-16(26)33-13-15-18(28)20(30)22(32)24(35-15)36-23-21(31)19(29)17(27)14(12-25)34-23/h1,14-15,17-25,27-32H,3-13H2/t14?,15?,17-,18-,19?,20?,21?,22?,23-,24-/m1/s1. The van der Waals surface area contributed by atoms with Crippen LogP contribution >= 0.6 is 0 Å². The summed E-state index contributed by atoms with van der Waals surface area (Å²) in [4.78, 5) is 12.1. The zero-order valence-corrected chi connectivity index (χ0v) is 20.3. The maximum Gasteiger partial charge on any atom is 0.305 e. The number of unbranched alkanes of at least 4 members (excludes halogenated alkanes) is 7. The number of carbonyl (C=O) groups is 1. The number of ether oxygens (including phenoxy) is 4. The molecule has 2 aliphatic heterocycles. The SMILES string of the molecule is C#CCCCCCCCCCC(=O)OCC1O[C@H](O[C@H]2OC(CO)[C@@H](O)C(O)C2O)C(O)C(O)[C@@H]1O. The summed E-state index contributed by atoms with van der Waals surface area (Å²) < 4.78 is 21.2. The first-order chi connectivity index (χ1) is 17.2. The smallest absolute Gasteiger partial charge is 0.305 e. The molecular weight excluding hydrogens is 480 g/mol. The number of aliphatic hydroxyl groups is 7. The van der Waals surface area contributed by atoms with Gasteiger partial charge in [0.2, 0.25) is 0 Å². The molecule has 2 saturated heterocycles. The van der Waals surface area contributed by atoms with Crippen LogP contribution in [0.2, 0.25) is 0 Å². The number of esters is 1. The second-order valence-electron chi connectivity index (χ2n) is 9.21. The fourth-order valence-electron chi connectivity index (χ4n) is 4.11. The molecule has 6 unspecified atom stereocenters. The third kappa shape index (κ3) is 8.88. The Kier molecular flexibility index (Phi) is 13.5. The molecule has 0 amide bonds. The summed E-state index contributed by atoms with van der Waals surface area (Å²) in [5, 5.41) is 69.8. The predicted molar refractivity (Wildman–Crippen MR) is 123 cm³/mol. The van der Waals surface area contributed by atoms with Crippen molar-refractivity contribution < 1.29 is 59.5 Å². The van der Waals surface area contributed by atoms with E-state index in [-0.39, 0.29) is 6.42 Å². The lowest BCUT2D eigenvalue weighted by Gasteiger charge is -2.44. The Bertz CT molecular complexity index is 682.